The first kappa shape index (κ1) is 19.1. The first-order valence-electron chi connectivity index (χ1n) is 9.56. The highest BCUT2D eigenvalue weighted by atomic mass is 16.6. The van der Waals surface area contributed by atoms with Gasteiger partial charge in [0.1, 0.15) is 11.5 Å². The third kappa shape index (κ3) is 5.15. The molecule has 144 valence electrons. The summed E-state index contributed by atoms with van der Waals surface area (Å²) in [4.78, 5) is 27.4. The van der Waals surface area contributed by atoms with E-state index < -0.39 is 0 Å². The number of rotatable bonds is 5. The van der Waals surface area contributed by atoms with Gasteiger partial charge in [-0.15, -0.1) is 0 Å². The summed E-state index contributed by atoms with van der Waals surface area (Å²) in [6.45, 7) is 7.18. The highest BCUT2D eigenvalue weighted by Crippen LogP contribution is 2.20. The highest BCUT2D eigenvalue weighted by Gasteiger charge is 2.24. The number of hydrogen-bond acceptors (Lipinski definition) is 6. The van der Waals surface area contributed by atoms with Crippen molar-refractivity contribution in [2.45, 2.75) is 52.2 Å². The van der Waals surface area contributed by atoms with Crippen molar-refractivity contribution in [3.05, 3.63) is 36.2 Å². The number of aromatic nitrogens is 3. The Hall–Kier alpha value is -2.70. The first-order valence-corrected chi connectivity index (χ1v) is 9.56. The molecule has 1 N–H and O–H groups in total. The zero-order valence-electron chi connectivity index (χ0n) is 16.2. The zero-order chi connectivity index (χ0) is 19.2. The van der Waals surface area contributed by atoms with Crippen LogP contribution >= 0.6 is 0 Å². The number of amides is 1. The molecule has 1 fully saturated rings. The van der Waals surface area contributed by atoms with Crippen molar-refractivity contribution in [1.29, 1.82) is 0 Å². The Morgan fingerprint density at radius 2 is 2.07 bits per heavy atom. The maximum absolute atomic E-state index is 12.0. The van der Waals surface area contributed by atoms with Gasteiger partial charge in [-0.25, -0.2) is 14.8 Å². The molecule has 3 heterocycles. The van der Waals surface area contributed by atoms with Crippen LogP contribution in [0.25, 0.3) is 11.5 Å². The predicted molar refractivity (Wildman–Crippen MR) is 104 cm³/mol. The number of hydrogen-bond donors (Lipinski definition) is 1. The number of likely N-dealkylation sites (tertiary alicyclic amines) is 1. The lowest BCUT2D eigenvalue weighted by molar-refractivity contribution is 0.0701. The van der Waals surface area contributed by atoms with Gasteiger partial charge in [0.15, 0.2) is 5.82 Å². The third-order valence-electron chi connectivity index (χ3n) is 4.48. The van der Waals surface area contributed by atoms with Crippen LogP contribution in [0.15, 0.2) is 30.5 Å². The fourth-order valence-corrected chi connectivity index (χ4v) is 3.05. The van der Waals surface area contributed by atoms with E-state index >= 15 is 0 Å². The molecule has 27 heavy (non-hydrogen) atoms. The van der Waals surface area contributed by atoms with E-state index in [1.54, 1.807) is 11.1 Å². The molecule has 0 bridgehead atoms. The lowest BCUT2D eigenvalue weighted by Crippen LogP contribution is -2.43. The van der Waals surface area contributed by atoms with Gasteiger partial charge in [0.25, 0.3) is 0 Å². The summed E-state index contributed by atoms with van der Waals surface area (Å²) in [5.74, 6) is 1.45. The molecule has 1 aliphatic rings. The summed E-state index contributed by atoms with van der Waals surface area (Å²) >= 11 is 0. The lowest BCUT2D eigenvalue weighted by atomic mass is 10.1. The molecule has 3 rings (SSSR count). The number of pyridine rings is 1. The maximum Gasteiger partial charge on any atom is 0.410 e. The molecule has 2 aromatic rings. The smallest absolute Gasteiger partial charge is 0.410 e. The van der Waals surface area contributed by atoms with Crippen LogP contribution in [0.2, 0.25) is 0 Å². The van der Waals surface area contributed by atoms with Crippen LogP contribution in [0.4, 0.5) is 10.6 Å². The summed E-state index contributed by atoms with van der Waals surface area (Å²) in [6, 6.07) is 7.99. The minimum absolute atomic E-state index is 0.0909. The van der Waals surface area contributed by atoms with Crippen LogP contribution in [0, 0.1) is 0 Å². The van der Waals surface area contributed by atoms with Crippen molar-refractivity contribution < 1.29 is 9.53 Å². The van der Waals surface area contributed by atoms with Crippen LogP contribution in [0.5, 0.6) is 0 Å². The number of carbonyl (C=O) groups excluding carboxylic acids is 1. The van der Waals surface area contributed by atoms with Gasteiger partial charge in [-0.1, -0.05) is 13.0 Å². The van der Waals surface area contributed by atoms with Gasteiger partial charge in [-0.05, 0) is 45.2 Å². The summed E-state index contributed by atoms with van der Waals surface area (Å²) in [5, 5.41) is 3.51. The van der Waals surface area contributed by atoms with Crippen molar-refractivity contribution in [3.63, 3.8) is 0 Å². The molecule has 7 nitrogen and oxygen atoms in total. The Morgan fingerprint density at radius 3 is 2.70 bits per heavy atom. The molecule has 0 atom stereocenters. The largest absolute Gasteiger partial charge is 0.447 e. The molecule has 0 saturated carbocycles. The maximum atomic E-state index is 12.0. The minimum atomic E-state index is -0.226. The van der Waals surface area contributed by atoms with E-state index in [-0.39, 0.29) is 18.2 Å². The van der Waals surface area contributed by atoms with Crippen molar-refractivity contribution in [1.82, 2.24) is 19.9 Å². The van der Waals surface area contributed by atoms with Crippen LogP contribution in [0.3, 0.4) is 0 Å². The Kier molecular flexibility index (Phi) is 6.21. The first-order chi connectivity index (χ1) is 13.0. The number of anilines is 1. The molecule has 0 aliphatic carbocycles. The van der Waals surface area contributed by atoms with Crippen molar-refractivity contribution in [3.8, 4) is 11.5 Å². The number of ether oxygens (including phenoxy) is 1. The highest BCUT2D eigenvalue weighted by molar-refractivity contribution is 5.68. The molecule has 0 spiro atoms. The van der Waals surface area contributed by atoms with E-state index in [1.165, 1.54) is 0 Å². The molecule has 1 amide bonds. The molecule has 0 aromatic carbocycles. The van der Waals surface area contributed by atoms with Crippen molar-refractivity contribution in [2.24, 2.45) is 0 Å². The fraction of sp³-hybridized carbons (Fsp3) is 0.500. The van der Waals surface area contributed by atoms with Crippen molar-refractivity contribution in [2.75, 3.05) is 18.4 Å². The van der Waals surface area contributed by atoms with Crippen LogP contribution in [0.1, 0.15) is 39.3 Å². The Morgan fingerprint density at radius 1 is 1.30 bits per heavy atom. The van der Waals surface area contributed by atoms with E-state index in [0.717, 1.165) is 36.5 Å². The van der Waals surface area contributed by atoms with E-state index in [1.807, 2.05) is 38.1 Å². The topological polar surface area (TPSA) is 80.2 Å². The van der Waals surface area contributed by atoms with Gasteiger partial charge in [0.05, 0.1) is 6.10 Å². The van der Waals surface area contributed by atoms with E-state index in [9.17, 15) is 4.79 Å². The molecule has 1 aliphatic heterocycles. The molecule has 7 heteroatoms. The molecule has 0 unspecified atom stereocenters. The van der Waals surface area contributed by atoms with Crippen LogP contribution < -0.4 is 5.32 Å². The summed E-state index contributed by atoms with van der Waals surface area (Å²) in [6.07, 6.45) is 3.98. The van der Waals surface area contributed by atoms with E-state index in [2.05, 4.69) is 27.2 Å². The van der Waals surface area contributed by atoms with Crippen molar-refractivity contribution >= 4 is 11.9 Å². The van der Waals surface area contributed by atoms with E-state index in [0.29, 0.717) is 18.9 Å². The van der Waals surface area contributed by atoms with Gasteiger partial charge in [-0.3, -0.25) is 4.98 Å². The number of nitrogens with one attached hydrogen (secondary N) is 1. The second-order valence-electron chi connectivity index (χ2n) is 6.97. The van der Waals surface area contributed by atoms with Crippen LogP contribution in [-0.2, 0) is 11.2 Å². The monoisotopic (exact) mass is 369 g/mol. The third-order valence-corrected chi connectivity index (χ3v) is 4.48. The normalized spacial score (nSPS) is 15.0. The summed E-state index contributed by atoms with van der Waals surface area (Å²) < 4.78 is 5.28. The second kappa shape index (κ2) is 8.79. The molecular formula is C20H27N5O2. The van der Waals surface area contributed by atoms with Gasteiger partial charge in [0.2, 0.25) is 0 Å². The predicted octanol–water partition coefficient (Wildman–Crippen LogP) is 3.52. The Bertz CT molecular complexity index is 758. The number of aryl methyl sites for hydroxylation is 1. The molecule has 0 radical (unpaired) electrons. The molecule has 1 saturated heterocycles. The van der Waals surface area contributed by atoms with Gasteiger partial charge in [-0.2, -0.15) is 0 Å². The summed E-state index contributed by atoms with van der Waals surface area (Å²) in [5.41, 5.74) is 1.74. The standard InChI is InChI=1S/C20H27N5O2/c1-4-15-13-18(24-19(23-15)17-7-5-6-10-21-17)22-16-8-11-25(12-9-16)20(26)27-14(2)3/h5-7,10,13-14,16H,4,8-9,11-12H2,1-3H3,(H,22,23,24). The SMILES string of the molecule is CCc1cc(NC2CCN(C(=O)OC(C)C)CC2)nc(-c2ccccn2)n1. The Labute approximate surface area is 160 Å². The number of nitrogens with zero attached hydrogens (tertiary/aromatic N) is 4. The molecular weight excluding hydrogens is 342 g/mol. The van der Waals surface area contributed by atoms with E-state index in [4.69, 9.17) is 4.74 Å². The number of piperidine rings is 1. The van der Waals surface area contributed by atoms with Gasteiger partial charge < -0.3 is 15.0 Å². The lowest BCUT2D eigenvalue weighted by Gasteiger charge is -2.32. The fourth-order valence-electron chi connectivity index (χ4n) is 3.05. The summed E-state index contributed by atoms with van der Waals surface area (Å²) in [7, 11) is 0. The minimum Gasteiger partial charge on any atom is -0.447 e. The second-order valence-corrected chi connectivity index (χ2v) is 6.97. The zero-order valence-corrected chi connectivity index (χ0v) is 16.2. The van der Waals surface area contributed by atoms with Gasteiger partial charge in [0, 0.05) is 37.1 Å². The van der Waals surface area contributed by atoms with Gasteiger partial charge >= 0.3 is 6.09 Å². The average molecular weight is 369 g/mol. The molecule has 2 aromatic heterocycles. The average Bonchev–Trinajstić information content (AvgIpc) is 2.68. The number of carbonyl (C=O) groups is 1. The van der Waals surface area contributed by atoms with Crippen LogP contribution in [-0.4, -0.2) is 51.2 Å². The quantitative estimate of drug-likeness (QED) is 0.868. The Balaban J connectivity index is 1.65.